The van der Waals surface area contributed by atoms with Gasteiger partial charge in [0.15, 0.2) is 11.5 Å². The second-order valence-corrected chi connectivity index (χ2v) is 4.96. The Kier molecular flexibility index (Phi) is 5.58. The first-order valence-electron chi connectivity index (χ1n) is 7.31. The number of rotatable bonds is 7. The summed E-state index contributed by atoms with van der Waals surface area (Å²) in [7, 11) is 7.57. The van der Waals surface area contributed by atoms with Crippen molar-refractivity contribution in [3.05, 3.63) is 17.3 Å². The Hall–Kier alpha value is -3.10. The molecule has 9 nitrogen and oxygen atoms in total. The van der Waals surface area contributed by atoms with Gasteiger partial charge in [0.2, 0.25) is 23.2 Å². The van der Waals surface area contributed by atoms with Gasteiger partial charge < -0.3 is 35.2 Å². The molecule has 25 heavy (non-hydrogen) atoms. The standard InChI is InChI=1S/C16H22N4O5/c1-21-10-9(6-8-7-19-16(18)20-15(8)17)11(22-2)13(24-4)14(25-5)12(10)23-3/h7H,6H2,1-5H3,(H4,17,18,19,20). The number of hydrogen-bond donors (Lipinski definition) is 2. The second kappa shape index (κ2) is 7.65. The van der Waals surface area contributed by atoms with Crippen LogP contribution in [-0.4, -0.2) is 45.5 Å². The minimum Gasteiger partial charge on any atom is -0.492 e. The fourth-order valence-corrected chi connectivity index (χ4v) is 2.60. The predicted molar refractivity (Wildman–Crippen MR) is 92.9 cm³/mol. The van der Waals surface area contributed by atoms with E-state index in [-0.39, 0.29) is 11.8 Å². The molecule has 1 aromatic heterocycles. The van der Waals surface area contributed by atoms with Crippen LogP contribution in [0.15, 0.2) is 6.20 Å². The molecule has 2 aromatic rings. The van der Waals surface area contributed by atoms with Gasteiger partial charge in [0.25, 0.3) is 0 Å². The van der Waals surface area contributed by atoms with Crippen molar-refractivity contribution in [2.45, 2.75) is 6.42 Å². The monoisotopic (exact) mass is 350 g/mol. The Morgan fingerprint density at radius 3 is 1.60 bits per heavy atom. The SMILES string of the molecule is COc1c(Cc2cnc(N)nc2N)c(OC)c(OC)c(OC)c1OC. The van der Waals surface area contributed by atoms with Crippen LogP contribution in [0.5, 0.6) is 28.7 Å². The van der Waals surface area contributed by atoms with Crippen LogP contribution in [-0.2, 0) is 6.42 Å². The van der Waals surface area contributed by atoms with Crippen LogP contribution in [0.1, 0.15) is 11.1 Å². The van der Waals surface area contributed by atoms with Crippen molar-refractivity contribution in [3.8, 4) is 28.7 Å². The molecule has 1 heterocycles. The molecule has 0 unspecified atom stereocenters. The van der Waals surface area contributed by atoms with Crippen molar-refractivity contribution in [3.63, 3.8) is 0 Å². The van der Waals surface area contributed by atoms with E-state index in [4.69, 9.17) is 35.2 Å². The number of nitrogens with zero attached hydrogens (tertiary/aromatic N) is 2. The highest BCUT2D eigenvalue weighted by Crippen LogP contribution is 2.53. The average molecular weight is 350 g/mol. The minimum atomic E-state index is 0.102. The summed E-state index contributed by atoms with van der Waals surface area (Å²) in [4.78, 5) is 7.96. The molecule has 0 saturated carbocycles. The van der Waals surface area contributed by atoms with E-state index in [9.17, 15) is 0 Å². The molecule has 0 atom stereocenters. The second-order valence-electron chi connectivity index (χ2n) is 4.96. The first-order valence-corrected chi connectivity index (χ1v) is 7.31. The molecule has 0 aliphatic rings. The number of anilines is 2. The van der Waals surface area contributed by atoms with Crippen LogP contribution in [0.2, 0.25) is 0 Å². The third kappa shape index (κ3) is 3.25. The molecule has 0 aliphatic heterocycles. The summed E-state index contributed by atoms with van der Waals surface area (Å²) >= 11 is 0. The Morgan fingerprint density at radius 1 is 0.760 bits per heavy atom. The van der Waals surface area contributed by atoms with Crippen molar-refractivity contribution >= 4 is 11.8 Å². The molecular formula is C16H22N4O5. The fraction of sp³-hybridized carbons (Fsp3) is 0.375. The van der Waals surface area contributed by atoms with E-state index in [1.807, 2.05) is 0 Å². The molecule has 0 aliphatic carbocycles. The molecule has 0 amide bonds. The zero-order chi connectivity index (χ0) is 18.6. The van der Waals surface area contributed by atoms with Crippen molar-refractivity contribution in [2.24, 2.45) is 0 Å². The van der Waals surface area contributed by atoms with E-state index in [2.05, 4.69) is 9.97 Å². The smallest absolute Gasteiger partial charge is 0.221 e. The van der Waals surface area contributed by atoms with Gasteiger partial charge in [-0.05, 0) is 0 Å². The fourth-order valence-electron chi connectivity index (χ4n) is 2.60. The highest BCUT2D eigenvalue weighted by atomic mass is 16.6. The summed E-state index contributed by atoms with van der Waals surface area (Å²) in [5.74, 6) is 2.38. The third-order valence-electron chi connectivity index (χ3n) is 3.68. The van der Waals surface area contributed by atoms with Gasteiger partial charge in [-0.25, -0.2) is 4.98 Å². The largest absolute Gasteiger partial charge is 0.492 e. The number of hydrogen-bond acceptors (Lipinski definition) is 9. The number of nitrogens with two attached hydrogens (primary N) is 2. The van der Waals surface area contributed by atoms with Crippen molar-refractivity contribution < 1.29 is 23.7 Å². The summed E-state index contributed by atoms with van der Waals surface area (Å²) in [5, 5.41) is 0. The maximum absolute atomic E-state index is 5.95. The van der Waals surface area contributed by atoms with Gasteiger partial charge in [0.05, 0.1) is 35.5 Å². The third-order valence-corrected chi connectivity index (χ3v) is 3.68. The molecular weight excluding hydrogens is 328 g/mol. The average Bonchev–Trinajstić information content (AvgIpc) is 2.61. The van der Waals surface area contributed by atoms with Gasteiger partial charge in [-0.2, -0.15) is 4.98 Å². The minimum absolute atomic E-state index is 0.102. The van der Waals surface area contributed by atoms with Crippen LogP contribution in [0.4, 0.5) is 11.8 Å². The first kappa shape index (κ1) is 18.2. The van der Waals surface area contributed by atoms with Gasteiger partial charge in [-0.3, -0.25) is 0 Å². The van der Waals surface area contributed by atoms with Crippen LogP contribution in [0, 0.1) is 0 Å². The summed E-state index contributed by atoms with van der Waals surface area (Å²) in [6.45, 7) is 0. The zero-order valence-electron chi connectivity index (χ0n) is 14.9. The molecule has 0 bridgehead atoms. The van der Waals surface area contributed by atoms with E-state index in [0.717, 1.165) is 0 Å². The van der Waals surface area contributed by atoms with Crippen LogP contribution < -0.4 is 35.2 Å². The van der Waals surface area contributed by atoms with Crippen LogP contribution in [0.25, 0.3) is 0 Å². The van der Waals surface area contributed by atoms with Gasteiger partial charge in [0, 0.05) is 23.7 Å². The van der Waals surface area contributed by atoms with Crippen molar-refractivity contribution in [2.75, 3.05) is 47.0 Å². The van der Waals surface area contributed by atoms with Gasteiger partial charge in [-0.1, -0.05) is 0 Å². The van der Waals surface area contributed by atoms with E-state index in [1.54, 1.807) is 6.20 Å². The predicted octanol–water partition coefficient (Wildman–Crippen LogP) is 1.27. The summed E-state index contributed by atoms with van der Waals surface area (Å²) in [6, 6.07) is 0. The highest BCUT2D eigenvalue weighted by molar-refractivity contribution is 5.71. The first-order chi connectivity index (χ1) is 12.0. The molecule has 1 aromatic carbocycles. The molecule has 0 radical (unpaired) electrons. The van der Waals surface area contributed by atoms with E-state index < -0.39 is 0 Å². The lowest BCUT2D eigenvalue weighted by Gasteiger charge is -2.22. The lowest BCUT2D eigenvalue weighted by Crippen LogP contribution is -2.08. The molecule has 0 fully saturated rings. The number of methoxy groups -OCH3 is 5. The lowest BCUT2D eigenvalue weighted by atomic mass is 10.0. The zero-order valence-corrected chi connectivity index (χ0v) is 14.9. The molecule has 0 saturated heterocycles. The Bertz CT molecular complexity index is 734. The number of aromatic nitrogens is 2. The number of benzene rings is 1. The molecule has 2 rings (SSSR count). The maximum Gasteiger partial charge on any atom is 0.221 e. The van der Waals surface area contributed by atoms with Gasteiger partial charge >= 0.3 is 0 Å². The molecule has 4 N–H and O–H groups in total. The summed E-state index contributed by atoms with van der Waals surface area (Å²) in [5.41, 5.74) is 12.8. The maximum atomic E-state index is 5.95. The Balaban J connectivity index is 2.73. The number of ether oxygens (including phenoxy) is 5. The Morgan fingerprint density at radius 2 is 1.20 bits per heavy atom. The van der Waals surface area contributed by atoms with E-state index >= 15 is 0 Å². The van der Waals surface area contributed by atoms with Crippen LogP contribution in [0.3, 0.4) is 0 Å². The summed E-state index contributed by atoms with van der Waals surface area (Å²) < 4.78 is 27.4. The van der Waals surface area contributed by atoms with E-state index in [0.29, 0.717) is 46.3 Å². The van der Waals surface area contributed by atoms with E-state index in [1.165, 1.54) is 35.5 Å². The molecule has 0 spiro atoms. The highest BCUT2D eigenvalue weighted by Gasteiger charge is 2.28. The quantitative estimate of drug-likeness (QED) is 0.759. The topological polar surface area (TPSA) is 124 Å². The van der Waals surface area contributed by atoms with Gasteiger partial charge in [-0.15, -0.1) is 0 Å². The number of nitrogen functional groups attached to an aromatic ring is 2. The molecule has 136 valence electrons. The molecule has 9 heteroatoms. The van der Waals surface area contributed by atoms with Gasteiger partial charge in [0.1, 0.15) is 5.82 Å². The van der Waals surface area contributed by atoms with Crippen LogP contribution >= 0.6 is 0 Å². The lowest BCUT2D eigenvalue weighted by molar-refractivity contribution is 0.287. The van der Waals surface area contributed by atoms with Crippen molar-refractivity contribution in [1.82, 2.24) is 9.97 Å². The van der Waals surface area contributed by atoms with Crippen molar-refractivity contribution in [1.29, 1.82) is 0 Å². The normalized spacial score (nSPS) is 10.3. The summed E-state index contributed by atoms with van der Waals surface area (Å²) in [6.07, 6.45) is 1.87. The Labute approximate surface area is 145 Å².